The van der Waals surface area contributed by atoms with Crippen molar-refractivity contribution in [3.8, 4) is 0 Å². The van der Waals surface area contributed by atoms with Crippen molar-refractivity contribution in [1.29, 1.82) is 0 Å². The van der Waals surface area contributed by atoms with Crippen molar-refractivity contribution in [2.24, 2.45) is 5.73 Å². The number of benzene rings is 2. The first-order valence-corrected chi connectivity index (χ1v) is 5.57. The average Bonchev–Trinajstić information content (AvgIpc) is 2.38. The molecule has 20 heavy (non-hydrogen) atoms. The van der Waals surface area contributed by atoms with E-state index < -0.39 is 23.6 Å². The van der Waals surface area contributed by atoms with E-state index in [0.717, 1.165) is 12.1 Å². The Hall–Kier alpha value is -1.59. The molecule has 0 heterocycles. The lowest BCUT2D eigenvalue weighted by molar-refractivity contribution is -0.137. The van der Waals surface area contributed by atoms with E-state index in [0.29, 0.717) is 11.6 Å². The molecular formula is C14H12ClF4N. The first-order valence-electron chi connectivity index (χ1n) is 5.57. The number of nitrogens with two attached hydrogens (primary N) is 1. The molecule has 0 saturated carbocycles. The first-order chi connectivity index (χ1) is 8.89. The van der Waals surface area contributed by atoms with Gasteiger partial charge in [0.25, 0.3) is 0 Å². The number of alkyl halides is 3. The van der Waals surface area contributed by atoms with Crippen LogP contribution in [-0.4, -0.2) is 0 Å². The fourth-order valence-electron chi connectivity index (χ4n) is 1.80. The van der Waals surface area contributed by atoms with Crippen LogP contribution in [-0.2, 0) is 6.18 Å². The molecule has 0 aliphatic rings. The van der Waals surface area contributed by atoms with Gasteiger partial charge in [0.05, 0.1) is 11.6 Å². The van der Waals surface area contributed by atoms with Crippen LogP contribution in [0.25, 0.3) is 0 Å². The summed E-state index contributed by atoms with van der Waals surface area (Å²) in [5.41, 5.74) is 5.52. The quantitative estimate of drug-likeness (QED) is 0.822. The molecule has 2 aromatic rings. The van der Waals surface area contributed by atoms with Crippen LogP contribution in [0.3, 0.4) is 0 Å². The summed E-state index contributed by atoms with van der Waals surface area (Å²) in [5, 5.41) is 0. The Labute approximate surface area is 119 Å². The Kier molecular flexibility index (Phi) is 5.14. The Morgan fingerprint density at radius 1 is 0.950 bits per heavy atom. The van der Waals surface area contributed by atoms with Gasteiger partial charge in [-0.1, -0.05) is 36.4 Å². The highest BCUT2D eigenvalue weighted by atomic mass is 35.5. The van der Waals surface area contributed by atoms with Gasteiger partial charge in [-0.05, 0) is 17.7 Å². The van der Waals surface area contributed by atoms with Crippen molar-refractivity contribution in [3.05, 3.63) is 71.0 Å². The van der Waals surface area contributed by atoms with E-state index in [-0.39, 0.29) is 18.0 Å². The highest BCUT2D eigenvalue weighted by molar-refractivity contribution is 5.85. The van der Waals surface area contributed by atoms with Crippen LogP contribution in [0.5, 0.6) is 0 Å². The largest absolute Gasteiger partial charge is 0.416 e. The summed E-state index contributed by atoms with van der Waals surface area (Å²) < 4.78 is 51.0. The van der Waals surface area contributed by atoms with Crippen LogP contribution in [0.2, 0.25) is 0 Å². The molecule has 6 heteroatoms. The van der Waals surface area contributed by atoms with Gasteiger partial charge < -0.3 is 5.73 Å². The second kappa shape index (κ2) is 6.24. The van der Waals surface area contributed by atoms with Crippen LogP contribution >= 0.6 is 12.4 Å². The maximum Gasteiger partial charge on any atom is 0.416 e. The smallest absolute Gasteiger partial charge is 0.320 e. The van der Waals surface area contributed by atoms with Crippen molar-refractivity contribution in [3.63, 3.8) is 0 Å². The Bertz CT molecular complexity index is 569. The lowest BCUT2D eigenvalue weighted by Crippen LogP contribution is -2.15. The molecule has 0 aromatic heterocycles. The van der Waals surface area contributed by atoms with Gasteiger partial charge in [-0.15, -0.1) is 12.4 Å². The third kappa shape index (κ3) is 3.49. The van der Waals surface area contributed by atoms with Crippen molar-refractivity contribution >= 4 is 12.4 Å². The van der Waals surface area contributed by atoms with Gasteiger partial charge in [-0.3, -0.25) is 0 Å². The summed E-state index contributed by atoms with van der Waals surface area (Å²) >= 11 is 0. The molecule has 1 nitrogen and oxygen atoms in total. The summed E-state index contributed by atoms with van der Waals surface area (Å²) in [6, 6.07) is 10.2. The van der Waals surface area contributed by atoms with E-state index in [4.69, 9.17) is 5.73 Å². The minimum absolute atomic E-state index is 0. The zero-order valence-electron chi connectivity index (χ0n) is 10.2. The summed E-state index contributed by atoms with van der Waals surface area (Å²) in [7, 11) is 0. The van der Waals surface area contributed by atoms with Crippen LogP contribution < -0.4 is 5.73 Å². The lowest BCUT2D eigenvalue weighted by Gasteiger charge is -2.15. The van der Waals surface area contributed by atoms with E-state index in [9.17, 15) is 17.6 Å². The maximum absolute atomic E-state index is 13.7. The molecule has 108 valence electrons. The topological polar surface area (TPSA) is 26.0 Å². The lowest BCUT2D eigenvalue weighted by atomic mass is 9.98. The van der Waals surface area contributed by atoms with E-state index in [1.54, 1.807) is 30.3 Å². The van der Waals surface area contributed by atoms with Gasteiger partial charge in [-0.2, -0.15) is 13.2 Å². The summed E-state index contributed by atoms with van der Waals surface area (Å²) in [6.45, 7) is 0. The molecule has 1 unspecified atom stereocenters. The van der Waals surface area contributed by atoms with Crippen LogP contribution in [0.15, 0.2) is 48.5 Å². The first kappa shape index (κ1) is 16.5. The van der Waals surface area contributed by atoms with Gasteiger partial charge in [0.1, 0.15) is 5.82 Å². The fourth-order valence-corrected chi connectivity index (χ4v) is 1.80. The van der Waals surface area contributed by atoms with E-state index >= 15 is 0 Å². The molecule has 0 radical (unpaired) electrons. The molecular weight excluding hydrogens is 294 g/mol. The van der Waals surface area contributed by atoms with Crippen LogP contribution in [0, 0.1) is 5.82 Å². The van der Waals surface area contributed by atoms with Crippen molar-refractivity contribution < 1.29 is 17.6 Å². The fraction of sp³-hybridized carbons (Fsp3) is 0.143. The van der Waals surface area contributed by atoms with Gasteiger partial charge >= 0.3 is 6.18 Å². The number of halogens is 5. The minimum Gasteiger partial charge on any atom is -0.320 e. The Morgan fingerprint density at radius 3 is 2.05 bits per heavy atom. The van der Waals surface area contributed by atoms with Gasteiger partial charge in [0.2, 0.25) is 0 Å². The summed E-state index contributed by atoms with van der Waals surface area (Å²) in [4.78, 5) is 0. The zero-order valence-corrected chi connectivity index (χ0v) is 11.0. The summed E-state index contributed by atoms with van der Waals surface area (Å²) in [6.07, 6.45) is -4.56. The molecule has 1 atom stereocenters. The predicted octanol–water partition coefficient (Wildman–Crippen LogP) is 4.31. The van der Waals surface area contributed by atoms with Crippen LogP contribution in [0.1, 0.15) is 22.7 Å². The number of hydrogen-bond donors (Lipinski definition) is 1. The van der Waals surface area contributed by atoms with Crippen molar-refractivity contribution in [2.45, 2.75) is 12.2 Å². The molecule has 2 rings (SSSR count). The third-order valence-corrected chi connectivity index (χ3v) is 2.82. The average molecular weight is 306 g/mol. The molecule has 0 fully saturated rings. The van der Waals surface area contributed by atoms with Crippen molar-refractivity contribution in [1.82, 2.24) is 0 Å². The maximum atomic E-state index is 13.7. The van der Waals surface area contributed by atoms with Crippen LogP contribution in [0.4, 0.5) is 17.6 Å². The van der Waals surface area contributed by atoms with Crippen molar-refractivity contribution in [2.75, 3.05) is 0 Å². The van der Waals surface area contributed by atoms with Gasteiger partial charge in [0.15, 0.2) is 0 Å². The molecule has 2 aromatic carbocycles. The predicted molar refractivity (Wildman–Crippen MR) is 71.1 cm³/mol. The number of hydrogen-bond acceptors (Lipinski definition) is 1. The van der Waals surface area contributed by atoms with Gasteiger partial charge in [0, 0.05) is 5.56 Å². The molecule has 0 saturated heterocycles. The molecule has 0 spiro atoms. The Balaban J connectivity index is 0.00000200. The normalized spacial score (nSPS) is 12.7. The molecule has 0 aliphatic carbocycles. The highest BCUT2D eigenvalue weighted by Gasteiger charge is 2.31. The molecule has 0 amide bonds. The SMILES string of the molecule is Cl.NC(c1ccccc1)c1ccc(C(F)(F)F)cc1F. The third-order valence-electron chi connectivity index (χ3n) is 2.82. The number of rotatable bonds is 2. The van der Waals surface area contributed by atoms with E-state index in [1.165, 1.54) is 0 Å². The highest BCUT2D eigenvalue weighted by Crippen LogP contribution is 2.32. The molecule has 0 aliphatic heterocycles. The van der Waals surface area contributed by atoms with E-state index in [2.05, 4.69) is 0 Å². The standard InChI is InChI=1S/C14H11F4N.ClH/c15-12-8-10(14(16,17)18)6-7-11(12)13(19)9-4-2-1-3-5-9;/h1-8,13H,19H2;1H. The second-order valence-corrected chi connectivity index (χ2v) is 4.12. The molecule has 0 bridgehead atoms. The van der Waals surface area contributed by atoms with E-state index in [1.807, 2.05) is 0 Å². The second-order valence-electron chi connectivity index (χ2n) is 4.12. The van der Waals surface area contributed by atoms with Gasteiger partial charge in [-0.25, -0.2) is 4.39 Å². The zero-order chi connectivity index (χ0) is 14.0. The summed E-state index contributed by atoms with van der Waals surface area (Å²) in [5.74, 6) is -0.953. The molecule has 2 N–H and O–H groups in total. The Morgan fingerprint density at radius 2 is 1.55 bits per heavy atom. The minimum atomic E-state index is -4.56. The monoisotopic (exact) mass is 305 g/mol.